The monoisotopic (exact) mass is 426 g/mol. The Morgan fingerprint density at radius 1 is 1.19 bits per heavy atom. The van der Waals surface area contributed by atoms with Gasteiger partial charge in [-0.3, -0.25) is 14.5 Å². The molecule has 8 nitrogen and oxygen atoms in total. The van der Waals surface area contributed by atoms with Crippen molar-refractivity contribution in [1.29, 1.82) is 0 Å². The van der Waals surface area contributed by atoms with Gasteiger partial charge in [0.25, 0.3) is 5.91 Å². The SMILES string of the molecule is COc1cccc([C@H]2C(C(=O)c3ccco3)=C(O)C(=O)N2CCCN2CCOCC2)c1. The lowest BCUT2D eigenvalue weighted by Gasteiger charge is -2.30. The Balaban J connectivity index is 1.61. The van der Waals surface area contributed by atoms with Crippen molar-refractivity contribution in [3.8, 4) is 5.75 Å². The van der Waals surface area contributed by atoms with Gasteiger partial charge in [-0.1, -0.05) is 12.1 Å². The summed E-state index contributed by atoms with van der Waals surface area (Å²) in [6.45, 7) is 4.34. The average Bonchev–Trinajstić information content (AvgIpc) is 3.43. The number of hydrogen-bond acceptors (Lipinski definition) is 7. The molecule has 31 heavy (non-hydrogen) atoms. The number of benzene rings is 1. The van der Waals surface area contributed by atoms with Crippen LogP contribution >= 0.6 is 0 Å². The number of carbonyl (C=O) groups excluding carboxylic acids is 2. The van der Waals surface area contributed by atoms with Crippen molar-refractivity contribution >= 4 is 11.7 Å². The van der Waals surface area contributed by atoms with Crippen LogP contribution in [0.15, 0.2) is 58.4 Å². The van der Waals surface area contributed by atoms with E-state index in [0.717, 1.165) is 19.6 Å². The first-order chi connectivity index (χ1) is 15.1. The molecule has 0 aliphatic carbocycles. The van der Waals surface area contributed by atoms with Gasteiger partial charge in [0.1, 0.15) is 5.75 Å². The first kappa shape index (κ1) is 21.1. The lowest BCUT2D eigenvalue weighted by Crippen LogP contribution is -2.39. The van der Waals surface area contributed by atoms with Gasteiger partial charge in [-0.05, 0) is 36.2 Å². The number of aliphatic hydroxyl groups is 1. The Hall–Kier alpha value is -3.10. The predicted octanol–water partition coefficient (Wildman–Crippen LogP) is 2.59. The van der Waals surface area contributed by atoms with Gasteiger partial charge in [0.15, 0.2) is 11.5 Å². The number of nitrogens with zero attached hydrogens (tertiary/aromatic N) is 2. The zero-order valence-electron chi connectivity index (χ0n) is 17.5. The number of aliphatic hydroxyl groups excluding tert-OH is 1. The van der Waals surface area contributed by atoms with E-state index >= 15 is 0 Å². The van der Waals surface area contributed by atoms with E-state index in [1.807, 2.05) is 6.07 Å². The molecule has 1 aromatic heterocycles. The van der Waals surface area contributed by atoms with Crippen molar-refractivity contribution < 1.29 is 28.6 Å². The Morgan fingerprint density at radius 3 is 2.71 bits per heavy atom. The molecule has 0 bridgehead atoms. The van der Waals surface area contributed by atoms with Gasteiger partial charge < -0.3 is 23.9 Å². The second kappa shape index (κ2) is 9.36. The highest BCUT2D eigenvalue weighted by atomic mass is 16.5. The normalized spacial score (nSPS) is 19.8. The number of methoxy groups -OCH3 is 1. The highest BCUT2D eigenvalue weighted by Gasteiger charge is 2.44. The minimum absolute atomic E-state index is 0.0274. The summed E-state index contributed by atoms with van der Waals surface area (Å²) in [4.78, 5) is 29.9. The Kier molecular flexibility index (Phi) is 6.39. The maximum atomic E-state index is 13.1. The van der Waals surface area contributed by atoms with Crippen LogP contribution in [0.4, 0.5) is 0 Å². The number of amides is 1. The second-order valence-corrected chi connectivity index (χ2v) is 7.55. The molecule has 3 heterocycles. The fourth-order valence-corrected chi connectivity index (χ4v) is 4.10. The number of carbonyl (C=O) groups is 2. The van der Waals surface area contributed by atoms with Gasteiger partial charge in [-0.15, -0.1) is 0 Å². The third kappa shape index (κ3) is 4.35. The smallest absolute Gasteiger partial charge is 0.290 e. The van der Waals surface area contributed by atoms with E-state index in [0.29, 0.717) is 37.5 Å². The summed E-state index contributed by atoms with van der Waals surface area (Å²) in [5, 5.41) is 10.7. The van der Waals surface area contributed by atoms with Crippen molar-refractivity contribution in [1.82, 2.24) is 9.80 Å². The molecule has 1 atom stereocenters. The zero-order chi connectivity index (χ0) is 21.8. The predicted molar refractivity (Wildman–Crippen MR) is 112 cm³/mol. The van der Waals surface area contributed by atoms with Crippen LogP contribution in [0.1, 0.15) is 28.6 Å². The lowest BCUT2D eigenvalue weighted by atomic mass is 9.95. The fraction of sp³-hybridized carbons (Fsp3) is 0.391. The highest BCUT2D eigenvalue weighted by Crippen LogP contribution is 2.40. The van der Waals surface area contributed by atoms with E-state index in [-0.39, 0.29) is 11.3 Å². The van der Waals surface area contributed by atoms with Gasteiger partial charge >= 0.3 is 0 Å². The molecule has 1 saturated heterocycles. The number of Topliss-reactive ketones (excluding diaryl/α,β-unsaturated/α-hetero) is 1. The van der Waals surface area contributed by atoms with Crippen LogP contribution in [0.5, 0.6) is 5.75 Å². The molecule has 0 spiro atoms. The molecule has 0 saturated carbocycles. The molecule has 2 aliphatic rings. The third-order valence-electron chi connectivity index (χ3n) is 5.68. The number of morpholine rings is 1. The second-order valence-electron chi connectivity index (χ2n) is 7.55. The largest absolute Gasteiger partial charge is 0.503 e. The molecular weight excluding hydrogens is 400 g/mol. The molecule has 8 heteroatoms. The van der Waals surface area contributed by atoms with E-state index in [4.69, 9.17) is 13.9 Å². The van der Waals surface area contributed by atoms with Gasteiger partial charge in [0.2, 0.25) is 5.78 Å². The molecular formula is C23H26N2O6. The summed E-state index contributed by atoms with van der Waals surface area (Å²) in [7, 11) is 1.56. The Bertz CT molecular complexity index is 962. The Morgan fingerprint density at radius 2 is 2.00 bits per heavy atom. The van der Waals surface area contributed by atoms with E-state index < -0.39 is 23.5 Å². The first-order valence-corrected chi connectivity index (χ1v) is 10.4. The van der Waals surface area contributed by atoms with Crippen molar-refractivity contribution in [3.05, 3.63) is 65.3 Å². The summed E-state index contributed by atoms with van der Waals surface area (Å²) in [5.74, 6) is -0.892. The highest BCUT2D eigenvalue weighted by molar-refractivity contribution is 6.15. The molecule has 0 unspecified atom stereocenters. The van der Waals surface area contributed by atoms with Gasteiger partial charge in [-0.25, -0.2) is 0 Å². The van der Waals surface area contributed by atoms with E-state index in [1.165, 1.54) is 12.3 Å². The minimum atomic E-state index is -0.718. The number of rotatable bonds is 8. The van der Waals surface area contributed by atoms with Crippen LogP contribution in [0.2, 0.25) is 0 Å². The maximum Gasteiger partial charge on any atom is 0.290 e. The van der Waals surface area contributed by atoms with Gasteiger partial charge in [-0.2, -0.15) is 0 Å². The van der Waals surface area contributed by atoms with Crippen LogP contribution in [-0.4, -0.2) is 73.1 Å². The molecule has 4 rings (SSSR count). The van der Waals surface area contributed by atoms with Crippen molar-refractivity contribution in [2.75, 3.05) is 46.5 Å². The fourth-order valence-electron chi connectivity index (χ4n) is 4.10. The lowest BCUT2D eigenvalue weighted by molar-refractivity contribution is -0.129. The quantitative estimate of drug-likeness (QED) is 0.649. The zero-order valence-corrected chi connectivity index (χ0v) is 17.5. The number of hydrogen-bond donors (Lipinski definition) is 1. The Labute approximate surface area is 180 Å². The minimum Gasteiger partial charge on any atom is -0.503 e. The molecule has 1 fully saturated rings. The van der Waals surface area contributed by atoms with Crippen molar-refractivity contribution in [2.45, 2.75) is 12.5 Å². The average molecular weight is 426 g/mol. The summed E-state index contributed by atoms with van der Waals surface area (Å²) in [5.41, 5.74) is 0.720. The molecule has 1 N–H and O–H groups in total. The van der Waals surface area contributed by atoms with Crippen LogP contribution in [-0.2, 0) is 9.53 Å². The summed E-state index contributed by atoms with van der Waals surface area (Å²) in [6, 6.07) is 9.60. The van der Waals surface area contributed by atoms with Gasteiger partial charge in [0, 0.05) is 26.2 Å². The van der Waals surface area contributed by atoms with Crippen LogP contribution in [0.3, 0.4) is 0 Å². The molecule has 0 radical (unpaired) electrons. The van der Waals surface area contributed by atoms with Crippen LogP contribution in [0.25, 0.3) is 0 Å². The van der Waals surface area contributed by atoms with Crippen LogP contribution < -0.4 is 4.74 Å². The van der Waals surface area contributed by atoms with E-state index in [9.17, 15) is 14.7 Å². The van der Waals surface area contributed by atoms with E-state index in [1.54, 1.807) is 36.3 Å². The van der Waals surface area contributed by atoms with Crippen LogP contribution in [0, 0.1) is 0 Å². The third-order valence-corrected chi connectivity index (χ3v) is 5.68. The molecule has 2 aromatic rings. The van der Waals surface area contributed by atoms with Crippen molar-refractivity contribution in [3.63, 3.8) is 0 Å². The number of ether oxygens (including phenoxy) is 2. The van der Waals surface area contributed by atoms with Crippen molar-refractivity contribution in [2.24, 2.45) is 0 Å². The number of furan rings is 1. The van der Waals surface area contributed by atoms with Gasteiger partial charge in [0.05, 0.1) is 38.2 Å². The molecule has 1 amide bonds. The summed E-state index contributed by atoms with van der Waals surface area (Å²) < 4.78 is 16.0. The topological polar surface area (TPSA) is 92.5 Å². The maximum absolute atomic E-state index is 13.1. The molecule has 2 aliphatic heterocycles. The molecule has 164 valence electrons. The standard InChI is InChI=1S/C23H26N2O6/c1-29-17-6-2-5-16(15-17)20-19(21(26)18-7-3-12-31-18)22(27)23(28)25(20)9-4-8-24-10-13-30-14-11-24/h2-3,5-7,12,15,20,27H,4,8-11,13-14H2,1H3/t20-/m0/s1. The molecule has 1 aromatic carbocycles. The van der Waals surface area contributed by atoms with E-state index in [2.05, 4.69) is 4.90 Å². The number of ketones is 1. The summed E-state index contributed by atoms with van der Waals surface area (Å²) >= 11 is 0. The summed E-state index contributed by atoms with van der Waals surface area (Å²) in [6.07, 6.45) is 2.10. The first-order valence-electron chi connectivity index (χ1n) is 10.4.